The number of aliphatic carboxylic acids is 1. The zero-order valence-electron chi connectivity index (χ0n) is 9.86. The average molecular weight is 241 g/mol. The van der Waals surface area contributed by atoms with Crippen LogP contribution in [-0.2, 0) is 4.79 Å². The molecular weight excluding hydrogens is 226 g/mol. The van der Waals surface area contributed by atoms with Crippen molar-refractivity contribution in [1.82, 2.24) is 5.32 Å². The quantitative estimate of drug-likeness (QED) is 0.742. The van der Waals surface area contributed by atoms with Crippen LogP contribution >= 0.6 is 0 Å². The topological polar surface area (TPSA) is 49.3 Å². The van der Waals surface area contributed by atoms with Crippen LogP contribution in [0, 0.1) is 0 Å². The second-order valence-corrected chi connectivity index (χ2v) is 3.33. The summed E-state index contributed by atoms with van der Waals surface area (Å²) in [4.78, 5) is 10.4. The Hall–Kier alpha value is -2.55. The Balaban J connectivity index is 0.000000199. The number of rotatable bonds is 1. The standard InChI is InChI=1S/C9H8O2.C6H7N/c10-9(11)8-6-4-2-1-3-5-7-8;1-2-4-6-7-5-3-1/h1-7H,(H,10,11);1-7H. The number of carbonyl (C=O) groups is 1. The molecule has 0 atom stereocenters. The number of carboxylic acids is 1. The maximum absolute atomic E-state index is 10.4. The van der Waals surface area contributed by atoms with Crippen LogP contribution in [0.25, 0.3) is 0 Å². The molecule has 0 saturated heterocycles. The summed E-state index contributed by atoms with van der Waals surface area (Å²) < 4.78 is 0. The molecule has 0 aromatic carbocycles. The fraction of sp³-hybridized carbons (Fsp3) is 0. The van der Waals surface area contributed by atoms with Crippen LogP contribution in [0.4, 0.5) is 0 Å². The monoisotopic (exact) mass is 241 g/mol. The molecule has 1 aliphatic heterocycles. The molecule has 0 spiro atoms. The van der Waals surface area contributed by atoms with Gasteiger partial charge < -0.3 is 10.4 Å². The van der Waals surface area contributed by atoms with Gasteiger partial charge in [0.05, 0.1) is 5.57 Å². The second kappa shape index (κ2) is 8.58. The minimum absolute atomic E-state index is 0.297. The molecule has 92 valence electrons. The highest BCUT2D eigenvalue weighted by molar-refractivity contribution is 5.90. The van der Waals surface area contributed by atoms with Crippen molar-refractivity contribution < 1.29 is 9.90 Å². The van der Waals surface area contributed by atoms with E-state index in [9.17, 15) is 4.79 Å². The number of allylic oxidation sites excluding steroid dienone is 10. The van der Waals surface area contributed by atoms with Crippen molar-refractivity contribution in [2.24, 2.45) is 0 Å². The Labute approximate surface area is 107 Å². The van der Waals surface area contributed by atoms with E-state index in [0.717, 1.165) is 0 Å². The van der Waals surface area contributed by atoms with Crippen molar-refractivity contribution in [2.75, 3.05) is 0 Å². The van der Waals surface area contributed by atoms with Crippen LogP contribution in [0.3, 0.4) is 0 Å². The summed E-state index contributed by atoms with van der Waals surface area (Å²) in [7, 11) is 0. The molecule has 0 aromatic rings. The normalized spacial score (nSPS) is 15.7. The SMILES string of the molecule is C1=CC=CNC=C1.O=C(O)C1=CC=CC=CC=C1. The van der Waals surface area contributed by atoms with E-state index in [1.54, 1.807) is 36.5 Å². The first-order valence-electron chi connectivity index (χ1n) is 5.50. The lowest BCUT2D eigenvalue weighted by Crippen LogP contribution is -1.96. The van der Waals surface area contributed by atoms with E-state index >= 15 is 0 Å². The summed E-state index contributed by atoms with van der Waals surface area (Å²) in [5.74, 6) is -0.902. The van der Waals surface area contributed by atoms with Gasteiger partial charge in [0.15, 0.2) is 0 Å². The highest BCUT2D eigenvalue weighted by Gasteiger charge is 1.99. The lowest BCUT2D eigenvalue weighted by molar-refractivity contribution is -0.132. The third-order valence-corrected chi connectivity index (χ3v) is 1.96. The molecule has 2 aliphatic rings. The van der Waals surface area contributed by atoms with Gasteiger partial charge in [-0.1, -0.05) is 42.5 Å². The molecule has 3 nitrogen and oxygen atoms in total. The predicted octanol–water partition coefficient (Wildman–Crippen LogP) is 2.85. The van der Waals surface area contributed by atoms with Gasteiger partial charge in [-0.05, 0) is 24.3 Å². The van der Waals surface area contributed by atoms with E-state index in [0.29, 0.717) is 5.57 Å². The minimum Gasteiger partial charge on any atom is -0.478 e. The molecule has 0 saturated carbocycles. The van der Waals surface area contributed by atoms with Gasteiger partial charge in [0.25, 0.3) is 0 Å². The van der Waals surface area contributed by atoms with E-state index in [1.165, 1.54) is 0 Å². The van der Waals surface area contributed by atoms with E-state index in [1.807, 2.05) is 42.8 Å². The number of hydrogen-bond acceptors (Lipinski definition) is 2. The van der Waals surface area contributed by atoms with Gasteiger partial charge in [0.1, 0.15) is 0 Å². The van der Waals surface area contributed by atoms with Crippen molar-refractivity contribution in [3.8, 4) is 0 Å². The average Bonchev–Trinajstić information content (AvgIpc) is 2.60. The van der Waals surface area contributed by atoms with Crippen molar-refractivity contribution in [2.45, 2.75) is 0 Å². The molecule has 0 unspecified atom stereocenters. The Morgan fingerprint density at radius 1 is 0.833 bits per heavy atom. The second-order valence-electron chi connectivity index (χ2n) is 3.33. The smallest absolute Gasteiger partial charge is 0.335 e. The van der Waals surface area contributed by atoms with Gasteiger partial charge in [-0.25, -0.2) is 4.79 Å². The highest BCUT2D eigenvalue weighted by Crippen LogP contribution is 2.00. The minimum atomic E-state index is -0.902. The zero-order chi connectivity index (χ0) is 13.1. The molecule has 3 heteroatoms. The first-order chi connectivity index (χ1) is 8.80. The van der Waals surface area contributed by atoms with Crippen molar-refractivity contribution in [1.29, 1.82) is 0 Å². The summed E-state index contributed by atoms with van der Waals surface area (Å²) in [6.45, 7) is 0. The molecule has 1 aliphatic carbocycles. The summed E-state index contributed by atoms with van der Waals surface area (Å²) in [5, 5.41) is 11.5. The maximum Gasteiger partial charge on any atom is 0.335 e. The number of hydrogen-bond donors (Lipinski definition) is 2. The molecule has 2 N–H and O–H groups in total. The first-order valence-corrected chi connectivity index (χ1v) is 5.50. The fourth-order valence-electron chi connectivity index (χ4n) is 1.12. The third kappa shape index (κ3) is 6.12. The Morgan fingerprint density at radius 2 is 1.39 bits per heavy atom. The molecule has 18 heavy (non-hydrogen) atoms. The van der Waals surface area contributed by atoms with Gasteiger partial charge in [-0.2, -0.15) is 0 Å². The third-order valence-electron chi connectivity index (χ3n) is 1.96. The molecule has 0 aromatic heterocycles. The van der Waals surface area contributed by atoms with Gasteiger partial charge in [-0.15, -0.1) is 0 Å². The molecule has 1 heterocycles. The van der Waals surface area contributed by atoms with E-state index in [-0.39, 0.29) is 0 Å². The maximum atomic E-state index is 10.4. The Bertz CT molecular complexity index is 461. The largest absolute Gasteiger partial charge is 0.478 e. The van der Waals surface area contributed by atoms with E-state index in [4.69, 9.17) is 5.11 Å². The van der Waals surface area contributed by atoms with Gasteiger partial charge >= 0.3 is 5.97 Å². The van der Waals surface area contributed by atoms with Crippen LogP contribution in [0.1, 0.15) is 0 Å². The number of nitrogens with one attached hydrogen (secondary N) is 1. The molecular formula is C15H15NO2. The predicted molar refractivity (Wildman–Crippen MR) is 73.7 cm³/mol. The Kier molecular flexibility index (Phi) is 6.45. The highest BCUT2D eigenvalue weighted by atomic mass is 16.4. The summed E-state index contributed by atoms with van der Waals surface area (Å²) in [6, 6.07) is 0. The lowest BCUT2D eigenvalue weighted by Gasteiger charge is -1.91. The molecule has 0 fully saturated rings. The lowest BCUT2D eigenvalue weighted by atomic mass is 10.2. The van der Waals surface area contributed by atoms with Gasteiger partial charge in [-0.3, -0.25) is 0 Å². The van der Waals surface area contributed by atoms with Crippen LogP contribution in [0.15, 0.2) is 84.8 Å². The van der Waals surface area contributed by atoms with Crippen molar-refractivity contribution in [3.05, 3.63) is 84.8 Å². The van der Waals surface area contributed by atoms with Crippen LogP contribution < -0.4 is 5.32 Å². The van der Waals surface area contributed by atoms with E-state index < -0.39 is 5.97 Å². The van der Waals surface area contributed by atoms with Crippen LogP contribution in [0.5, 0.6) is 0 Å². The molecule has 0 bridgehead atoms. The van der Waals surface area contributed by atoms with Crippen molar-refractivity contribution in [3.63, 3.8) is 0 Å². The number of carboxylic acid groups (broad SMARTS) is 1. The molecule has 0 amide bonds. The van der Waals surface area contributed by atoms with Crippen LogP contribution in [0.2, 0.25) is 0 Å². The summed E-state index contributed by atoms with van der Waals surface area (Å²) >= 11 is 0. The first kappa shape index (κ1) is 13.5. The Morgan fingerprint density at radius 3 is 2.06 bits per heavy atom. The van der Waals surface area contributed by atoms with Gasteiger partial charge in [0.2, 0.25) is 0 Å². The van der Waals surface area contributed by atoms with Gasteiger partial charge in [0, 0.05) is 12.4 Å². The summed E-state index contributed by atoms with van der Waals surface area (Å²) in [6.07, 6.45) is 23.5. The van der Waals surface area contributed by atoms with E-state index in [2.05, 4.69) is 5.32 Å². The zero-order valence-corrected chi connectivity index (χ0v) is 9.86. The van der Waals surface area contributed by atoms with Crippen molar-refractivity contribution >= 4 is 5.97 Å². The fourth-order valence-corrected chi connectivity index (χ4v) is 1.12. The summed E-state index contributed by atoms with van der Waals surface area (Å²) in [5.41, 5.74) is 0.297. The van der Waals surface area contributed by atoms with Crippen LogP contribution in [-0.4, -0.2) is 11.1 Å². The molecule has 2 rings (SSSR count). The molecule has 0 radical (unpaired) electrons.